The molecule has 182 valence electrons. The van der Waals surface area contributed by atoms with Crippen molar-refractivity contribution in [1.29, 1.82) is 0 Å². The summed E-state index contributed by atoms with van der Waals surface area (Å²) in [5.74, 6) is -2.73. The molecule has 0 radical (unpaired) electrons. The monoisotopic (exact) mass is 525 g/mol. The van der Waals surface area contributed by atoms with E-state index in [2.05, 4.69) is 15.4 Å². The van der Waals surface area contributed by atoms with E-state index in [1.165, 1.54) is 61.7 Å². The average molecular weight is 526 g/mol. The van der Waals surface area contributed by atoms with Crippen LogP contribution in [0.1, 0.15) is 20.7 Å². The quantitative estimate of drug-likeness (QED) is 0.245. The molecule has 0 aliphatic carbocycles. The van der Waals surface area contributed by atoms with Crippen LogP contribution in [0.4, 0.5) is 17.1 Å². The lowest BCUT2D eigenvalue weighted by atomic mass is 10.1. The van der Waals surface area contributed by atoms with Gasteiger partial charge in [-0.1, -0.05) is 29.3 Å². The van der Waals surface area contributed by atoms with Crippen molar-refractivity contribution in [3.8, 4) is 5.75 Å². The Bertz CT molecular complexity index is 1440. The smallest absolute Gasteiger partial charge is 0.337 e. The van der Waals surface area contributed by atoms with Gasteiger partial charge in [0.15, 0.2) is 0 Å². The predicted octanol–water partition coefficient (Wildman–Crippen LogP) is 4.52. The maximum absolute atomic E-state index is 13.0. The third kappa shape index (κ3) is 4.88. The van der Waals surface area contributed by atoms with Gasteiger partial charge in [0.25, 0.3) is 17.7 Å². The average Bonchev–Trinajstić information content (AvgIpc) is 3.09. The lowest BCUT2D eigenvalue weighted by Crippen LogP contribution is -2.32. The van der Waals surface area contributed by atoms with Gasteiger partial charge in [0.1, 0.15) is 16.5 Å². The van der Waals surface area contributed by atoms with E-state index >= 15 is 0 Å². The molecule has 0 fully saturated rings. The minimum atomic E-state index is -0.750. The summed E-state index contributed by atoms with van der Waals surface area (Å²) in [4.78, 5) is 50.9. The Kier molecular flexibility index (Phi) is 6.96. The number of imide groups is 1. The van der Waals surface area contributed by atoms with Gasteiger partial charge in [0.2, 0.25) is 0 Å². The molecule has 1 heterocycles. The first-order valence-electron chi connectivity index (χ1n) is 10.3. The Balaban J connectivity index is 1.53. The van der Waals surface area contributed by atoms with Gasteiger partial charge in [0, 0.05) is 16.3 Å². The van der Waals surface area contributed by atoms with Crippen LogP contribution >= 0.6 is 23.2 Å². The second kappa shape index (κ2) is 10.1. The number of amides is 3. The molecule has 0 atom stereocenters. The maximum atomic E-state index is 13.0. The third-order valence-corrected chi connectivity index (χ3v) is 5.76. The van der Waals surface area contributed by atoms with E-state index in [1.54, 1.807) is 12.1 Å². The molecule has 0 unspecified atom stereocenters. The van der Waals surface area contributed by atoms with Crippen molar-refractivity contribution in [2.75, 3.05) is 22.6 Å². The summed E-state index contributed by atoms with van der Waals surface area (Å²) >= 11 is 12.1. The van der Waals surface area contributed by atoms with Crippen LogP contribution in [-0.4, -0.2) is 35.9 Å². The van der Waals surface area contributed by atoms with Gasteiger partial charge in [-0.2, -0.15) is 0 Å². The molecular weight excluding hydrogens is 509 g/mol. The predicted molar refractivity (Wildman–Crippen MR) is 134 cm³/mol. The van der Waals surface area contributed by atoms with Crippen LogP contribution < -0.4 is 15.5 Å². The summed E-state index contributed by atoms with van der Waals surface area (Å²) in [6.07, 6.45) is 0. The van der Waals surface area contributed by atoms with Gasteiger partial charge in [-0.15, -0.1) is 0 Å². The van der Waals surface area contributed by atoms with E-state index in [-0.39, 0.29) is 39.0 Å². The molecule has 3 aromatic carbocycles. The van der Waals surface area contributed by atoms with Gasteiger partial charge in [-0.3, -0.25) is 14.4 Å². The van der Waals surface area contributed by atoms with Crippen molar-refractivity contribution in [3.63, 3.8) is 0 Å². The standard InChI is InChI=1S/C25H17Cl2N3O6/c1-36-25(35)13-5-8-17(9-6-13)30-23(33)20(27)21(24(30)34)28-16-4-2-3-14(11-16)22(32)29-18-12-15(26)7-10-19(18)31/h2-12,28,31H,1H3,(H,29,32). The number of rotatable bonds is 6. The van der Waals surface area contributed by atoms with E-state index in [0.29, 0.717) is 10.7 Å². The van der Waals surface area contributed by atoms with Crippen molar-refractivity contribution in [1.82, 2.24) is 0 Å². The zero-order valence-corrected chi connectivity index (χ0v) is 20.1. The van der Waals surface area contributed by atoms with Crippen molar-refractivity contribution >= 4 is 64.0 Å². The number of carbonyl (C=O) groups excluding carboxylic acids is 4. The van der Waals surface area contributed by atoms with Gasteiger partial charge >= 0.3 is 5.97 Å². The van der Waals surface area contributed by atoms with Crippen LogP contribution in [0.15, 0.2) is 77.5 Å². The molecule has 4 rings (SSSR count). The first kappa shape index (κ1) is 24.8. The van der Waals surface area contributed by atoms with Crippen LogP contribution in [0.25, 0.3) is 0 Å². The molecule has 3 aromatic rings. The Morgan fingerprint density at radius 1 is 0.917 bits per heavy atom. The van der Waals surface area contributed by atoms with Crippen LogP contribution in [0.5, 0.6) is 5.75 Å². The van der Waals surface area contributed by atoms with Gasteiger partial charge in [-0.25, -0.2) is 9.69 Å². The number of nitrogens with zero attached hydrogens (tertiary/aromatic N) is 1. The van der Waals surface area contributed by atoms with Crippen LogP contribution in [0.3, 0.4) is 0 Å². The SMILES string of the molecule is COC(=O)c1ccc(N2C(=O)C(Cl)=C(Nc3cccc(C(=O)Nc4cc(Cl)ccc4O)c3)C2=O)cc1. The van der Waals surface area contributed by atoms with Crippen LogP contribution in [0.2, 0.25) is 5.02 Å². The fourth-order valence-electron chi connectivity index (χ4n) is 3.40. The van der Waals surface area contributed by atoms with Gasteiger partial charge in [-0.05, 0) is 60.7 Å². The fourth-order valence-corrected chi connectivity index (χ4v) is 3.78. The Morgan fingerprint density at radius 2 is 1.64 bits per heavy atom. The number of hydrogen-bond donors (Lipinski definition) is 3. The molecule has 1 aliphatic rings. The largest absolute Gasteiger partial charge is 0.506 e. The number of hydrogen-bond acceptors (Lipinski definition) is 7. The summed E-state index contributed by atoms with van der Waals surface area (Å²) in [6, 6.07) is 16.0. The number of phenolic OH excluding ortho intramolecular Hbond substituents is 1. The molecule has 11 heteroatoms. The highest BCUT2D eigenvalue weighted by Crippen LogP contribution is 2.31. The molecule has 0 aromatic heterocycles. The Hall–Kier alpha value is -4.34. The van der Waals surface area contributed by atoms with E-state index in [1.807, 2.05) is 0 Å². The van der Waals surface area contributed by atoms with Crippen molar-refractivity contribution < 1.29 is 29.0 Å². The van der Waals surface area contributed by atoms with Crippen LogP contribution in [0, 0.1) is 0 Å². The highest BCUT2D eigenvalue weighted by molar-refractivity contribution is 6.53. The molecule has 0 bridgehead atoms. The second-order valence-corrected chi connectivity index (χ2v) is 8.31. The second-order valence-electron chi connectivity index (χ2n) is 7.49. The topological polar surface area (TPSA) is 125 Å². The summed E-state index contributed by atoms with van der Waals surface area (Å²) in [5, 5.41) is 15.3. The number of halogens is 2. The Morgan fingerprint density at radius 3 is 2.33 bits per heavy atom. The zero-order chi connectivity index (χ0) is 26.0. The highest BCUT2D eigenvalue weighted by atomic mass is 35.5. The number of aromatic hydroxyl groups is 1. The lowest BCUT2D eigenvalue weighted by Gasteiger charge is -2.15. The summed E-state index contributed by atoms with van der Waals surface area (Å²) in [7, 11) is 1.24. The summed E-state index contributed by atoms with van der Waals surface area (Å²) in [5.41, 5.74) is 0.921. The maximum Gasteiger partial charge on any atom is 0.337 e. The summed E-state index contributed by atoms with van der Waals surface area (Å²) < 4.78 is 4.64. The van der Waals surface area contributed by atoms with Crippen molar-refractivity contribution in [2.24, 2.45) is 0 Å². The lowest BCUT2D eigenvalue weighted by molar-refractivity contribution is -0.120. The molecular formula is C25H17Cl2N3O6. The number of phenols is 1. The first-order valence-corrected chi connectivity index (χ1v) is 11.1. The van der Waals surface area contributed by atoms with Gasteiger partial charge in [0.05, 0.1) is 24.0 Å². The van der Waals surface area contributed by atoms with E-state index in [0.717, 1.165) is 4.90 Å². The fraction of sp³-hybridized carbons (Fsp3) is 0.0400. The minimum Gasteiger partial charge on any atom is -0.506 e. The molecule has 3 amide bonds. The summed E-state index contributed by atoms with van der Waals surface area (Å²) in [6.45, 7) is 0. The molecule has 3 N–H and O–H groups in total. The number of methoxy groups -OCH3 is 1. The number of esters is 1. The number of benzene rings is 3. The number of carbonyl (C=O) groups is 4. The molecule has 36 heavy (non-hydrogen) atoms. The first-order chi connectivity index (χ1) is 17.2. The Labute approximate surface area is 214 Å². The molecule has 9 nitrogen and oxygen atoms in total. The number of nitrogens with one attached hydrogen (secondary N) is 2. The van der Waals surface area contributed by atoms with E-state index in [9.17, 15) is 24.3 Å². The van der Waals surface area contributed by atoms with E-state index < -0.39 is 23.7 Å². The molecule has 0 spiro atoms. The number of ether oxygens (including phenoxy) is 1. The molecule has 0 saturated heterocycles. The van der Waals surface area contributed by atoms with Crippen molar-refractivity contribution in [2.45, 2.75) is 0 Å². The third-order valence-electron chi connectivity index (χ3n) is 5.17. The molecule has 1 aliphatic heterocycles. The van der Waals surface area contributed by atoms with Gasteiger partial charge < -0.3 is 20.5 Å². The zero-order valence-electron chi connectivity index (χ0n) is 18.5. The minimum absolute atomic E-state index is 0.127. The normalized spacial score (nSPS) is 13.1. The molecule has 0 saturated carbocycles. The number of anilines is 3. The van der Waals surface area contributed by atoms with Crippen molar-refractivity contribution in [3.05, 3.63) is 93.6 Å². The highest BCUT2D eigenvalue weighted by Gasteiger charge is 2.39. The van der Waals surface area contributed by atoms with Crippen LogP contribution in [-0.2, 0) is 14.3 Å². The van der Waals surface area contributed by atoms with E-state index in [4.69, 9.17) is 23.2 Å².